The number of carbonyl (C=O) groups is 3. The fourth-order valence-electron chi connectivity index (χ4n) is 2.72. The van der Waals surface area contributed by atoms with Gasteiger partial charge in [0.25, 0.3) is 0 Å². The summed E-state index contributed by atoms with van der Waals surface area (Å²) in [6, 6.07) is 19.7. The number of carbonyl (C=O) groups excluding carboxylic acids is 1. The molecular weight excluding hydrogens is 420 g/mol. The van der Waals surface area contributed by atoms with Gasteiger partial charge in [-0.05, 0) is 24.0 Å². The Kier molecular flexibility index (Phi) is 10.7. The van der Waals surface area contributed by atoms with E-state index in [1.165, 1.54) is 0 Å². The van der Waals surface area contributed by atoms with Crippen molar-refractivity contribution in [1.82, 2.24) is 10.8 Å². The van der Waals surface area contributed by atoms with Gasteiger partial charge in [-0.3, -0.25) is 10.2 Å². The lowest BCUT2D eigenvalue weighted by Gasteiger charge is -2.29. The Balaban J connectivity index is 0.000000534. The van der Waals surface area contributed by atoms with Gasteiger partial charge in [-0.1, -0.05) is 60.7 Å². The molecule has 0 aromatic heterocycles. The van der Waals surface area contributed by atoms with Crippen molar-refractivity contribution in [3.05, 3.63) is 71.8 Å². The van der Waals surface area contributed by atoms with E-state index in [0.717, 1.165) is 17.5 Å². The van der Waals surface area contributed by atoms with Gasteiger partial charge in [-0.2, -0.15) is 5.48 Å². The van der Waals surface area contributed by atoms with Crippen LogP contribution in [0, 0.1) is 0 Å². The SMILES string of the molecule is O=C(O)C(=O)O.O=C(OCc1ccccc1)O[C@H]1CC[C@@H](NOCc2ccccc2)CN1. The number of rotatable bonds is 7. The van der Waals surface area contributed by atoms with Gasteiger partial charge in [0.05, 0.1) is 6.61 Å². The van der Waals surface area contributed by atoms with Gasteiger partial charge in [0.1, 0.15) is 6.61 Å². The number of hydrogen-bond donors (Lipinski definition) is 4. The number of ether oxygens (including phenoxy) is 2. The minimum atomic E-state index is -1.82. The number of piperidine rings is 1. The Bertz CT molecular complexity index is 828. The van der Waals surface area contributed by atoms with Gasteiger partial charge < -0.3 is 19.7 Å². The van der Waals surface area contributed by atoms with Gasteiger partial charge in [-0.25, -0.2) is 14.4 Å². The molecule has 0 aliphatic carbocycles. The van der Waals surface area contributed by atoms with Crippen LogP contribution < -0.4 is 10.8 Å². The summed E-state index contributed by atoms with van der Waals surface area (Å²) < 4.78 is 10.4. The first-order chi connectivity index (χ1) is 15.4. The van der Waals surface area contributed by atoms with E-state index in [1.807, 2.05) is 60.7 Å². The summed E-state index contributed by atoms with van der Waals surface area (Å²) >= 11 is 0. The molecule has 10 nitrogen and oxygen atoms in total. The van der Waals surface area contributed by atoms with Gasteiger partial charge in [-0.15, -0.1) is 0 Å². The average Bonchev–Trinajstić information content (AvgIpc) is 2.81. The first-order valence-corrected chi connectivity index (χ1v) is 9.92. The molecule has 2 aromatic carbocycles. The van der Waals surface area contributed by atoms with E-state index in [1.54, 1.807) is 0 Å². The predicted molar refractivity (Wildman–Crippen MR) is 112 cm³/mol. The fraction of sp³-hybridized carbons (Fsp3) is 0.318. The van der Waals surface area contributed by atoms with E-state index in [2.05, 4.69) is 10.8 Å². The van der Waals surface area contributed by atoms with Crippen molar-refractivity contribution in [3.8, 4) is 0 Å². The Morgan fingerprint density at radius 1 is 0.875 bits per heavy atom. The molecule has 0 bridgehead atoms. The van der Waals surface area contributed by atoms with Crippen LogP contribution in [0.15, 0.2) is 60.7 Å². The van der Waals surface area contributed by atoms with Gasteiger partial charge in [0, 0.05) is 12.6 Å². The van der Waals surface area contributed by atoms with E-state index < -0.39 is 18.1 Å². The van der Waals surface area contributed by atoms with Crippen molar-refractivity contribution < 1.29 is 38.9 Å². The third kappa shape index (κ3) is 10.0. The maximum atomic E-state index is 11.8. The molecule has 0 saturated carbocycles. The van der Waals surface area contributed by atoms with Crippen LogP contribution in [0.5, 0.6) is 0 Å². The van der Waals surface area contributed by atoms with Crippen molar-refractivity contribution in [2.24, 2.45) is 0 Å². The highest BCUT2D eigenvalue weighted by Gasteiger charge is 2.23. The average molecular weight is 446 g/mol. The number of carboxylic acid groups (broad SMARTS) is 2. The minimum Gasteiger partial charge on any atom is -0.473 e. The van der Waals surface area contributed by atoms with E-state index in [0.29, 0.717) is 19.6 Å². The molecule has 172 valence electrons. The molecular formula is C22H26N2O8. The van der Waals surface area contributed by atoms with Gasteiger partial charge >= 0.3 is 18.1 Å². The third-order valence-corrected chi connectivity index (χ3v) is 4.32. The molecule has 0 unspecified atom stereocenters. The summed E-state index contributed by atoms with van der Waals surface area (Å²) in [6.07, 6.45) is 0.564. The van der Waals surface area contributed by atoms with Crippen LogP contribution in [0.25, 0.3) is 0 Å². The topological polar surface area (TPSA) is 143 Å². The van der Waals surface area contributed by atoms with Crippen molar-refractivity contribution in [2.75, 3.05) is 6.54 Å². The molecule has 0 radical (unpaired) electrons. The van der Waals surface area contributed by atoms with Crippen LogP contribution in [0.2, 0.25) is 0 Å². The van der Waals surface area contributed by atoms with Crippen LogP contribution >= 0.6 is 0 Å². The van der Waals surface area contributed by atoms with Crippen LogP contribution in [-0.4, -0.2) is 47.1 Å². The zero-order valence-corrected chi connectivity index (χ0v) is 17.3. The second-order valence-electron chi connectivity index (χ2n) is 6.82. The normalized spacial score (nSPS) is 17.4. The molecule has 1 saturated heterocycles. The Morgan fingerprint density at radius 3 is 1.94 bits per heavy atom. The zero-order chi connectivity index (χ0) is 23.2. The van der Waals surface area contributed by atoms with E-state index in [4.69, 9.17) is 34.1 Å². The largest absolute Gasteiger partial charge is 0.510 e. The number of aliphatic carboxylic acids is 2. The lowest BCUT2D eigenvalue weighted by atomic mass is 10.1. The predicted octanol–water partition coefficient (Wildman–Crippen LogP) is 2.29. The molecule has 2 atom stereocenters. The summed E-state index contributed by atoms with van der Waals surface area (Å²) in [5, 5.41) is 18.0. The number of benzene rings is 2. The Morgan fingerprint density at radius 2 is 1.44 bits per heavy atom. The molecule has 2 aromatic rings. The highest BCUT2D eigenvalue weighted by molar-refractivity contribution is 6.27. The molecule has 1 aliphatic heterocycles. The zero-order valence-electron chi connectivity index (χ0n) is 17.3. The monoisotopic (exact) mass is 446 g/mol. The second kappa shape index (κ2) is 13.8. The lowest BCUT2D eigenvalue weighted by Crippen LogP contribution is -2.49. The lowest BCUT2D eigenvalue weighted by molar-refractivity contribution is -0.159. The van der Waals surface area contributed by atoms with E-state index in [9.17, 15) is 4.79 Å². The smallest absolute Gasteiger partial charge is 0.473 e. The van der Waals surface area contributed by atoms with Crippen molar-refractivity contribution >= 4 is 18.1 Å². The highest BCUT2D eigenvalue weighted by Crippen LogP contribution is 2.11. The molecule has 1 fully saturated rings. The molecule has 32 heavy (non-hydrogen) atoms. The van der Waals surface area contributed by atoms with Crippen LogP contribution in [0.1, 0.15) is 24.0 Å². The Hall–Kier alpha value is -3.47. The molecule has 0 amide bonds. The maximum absolute atomic E-state index is 11.8. The highest BCUT2D eigenvalue weighted by atomic mass is 16.7. The summed E-state index contributed by atoms with van der Waals surface area (Å²) in [6.45, 7) is 1.39. The molecule has 1 heterocycles. The first-order valence-electron chi connectivity index (χ1n) is 9.92. The van der Waals surface area contributed by atoms with Crippen molar-refractivity contribution in [3.63, 3.8) is 0 Å². The third-order valence-electron chi connectivity index (χ3n) is 4.32. The summed E-state index contributed by atoms with van der Waals surface area (Å²) in [4.78, 5) is 35.5. The van der Waals surface area contributed by atoms with Crippen LogP contribution in [-0.2, 0) is 37.1 Å². The number of hydrogen-bond acceptors (Lipinski definition) is 8. The number of hydroxylamine groups is 1. The molecule has 10 heteroatoms. The van der Waals surface area contributed by atoms with Crippen LogP contribution in [0.3, 0.4) is 0 Å². The van der Waals surface area contributed by atoms with E-state index in [-0.39, 0.29) is 18.9 Å². The molecule has 0 spiro atoms. The first kappa shape index (κ1) is 24.8. The summed E-state index contributed by atoms with van der Waals surface area (Å²) in [7, 11) is 0. The quantitative estimate of drug-likeness (QED) is 0.284. The Labute approximate surface area is 185 Å². The van der Waals surface area contributed by atoms with Crippen molar-refractivity contribution in [1.29, 1.82) is 0 Å². The summed E-state index contributed by atoms with van der Waals surface area (Å²) in [5.41, 5.74) is 5.10. The van der Waals surface area contributed by atoms with E-state index >= 15 is 0 Å². The minimum absolute atomic E-state index is 0.180. The standard InChI is InChI=1S/C20H24N2O4.C2H2O4/c23-20(24-14-16-7-3-1-4-8-16)26-19-12-11-18(13-21-19)22-25-15-17-9-5-2-6-10-17;3-1(4)2(5)6/h1-10,18-19,21-22H,11-15H2;(H,3,4)(H,5,6)/t18-,19+;/m1./s1. The van der Waals surface area contributed by atoms with Crippen LogP contribution in [0.4, 0.5) is 4.79 Å². The van der Waals surface area contributed by atoms with Gasteiger partial charge in [0.2, 0.25) is 0 Å². The number of carboxylic acids is 2. The molecule has 3 rings (SSSR count). The fourth-order valence-corrected chi connectivity index (χ4v) is 2.72. The molecule has 1 aliphatic rings. The second-order valence-corrected chi connectivity index (χ2v) is 6.82. The molecule has 4 N–H and O–H groups in total. The summed E-state index contributed by atoms with van der Waals surface area (Å²) in [5.74, 6) is -3.65. The number of nitrogens with one attached hydrogen (secondary N) is 2. The van der Waals surface area contributed by atoms with Crippen molar-refractivity contribution in [2.45, 2.75) is 38.3 Å². The maximum Gasteiger partial charge on any atom is 0.510 e. The van der Waals surface area contributed by atoms with Gasteiger partial charge in [0.15, 0.2) is 6.23 Å².